The van der Waals surface area contributed by atoms with E-state index in [2.05, 4.69) is 53.9 Å². The van der Waals surface area contributed by atoms with Crippen LogP contribution in [0.1, 0.15) is 44.5 Å². The smallest absolute Gasteiger partial charge is 0.229 e. The molecule has 2 atom stereocenters. The first-order chi connectivity index (χ1) is 18.4. The highest BCUT2D eigenvalue weighted by Gasteiger charge is 2.50. The summed E-state index contributed by atoms with van der Waals surface area (Å²) in [6.45, 7) is 7.20. The Morgan fingerprint density at radius 1 is 1.05 bits per heavy atom. The van der Waals surface area contributed by atoms with E-state index in [0.29, 0.717) is 34.5 Å². The van der Waals surface area contributed by atoms with Gasteiger partial charge in [0.2, 0.25) is 5.95 Å². The van der Waals surface area contributed by atoms with E-state index in [-0.39, 0.29) is 17.2 Å². The Bertz CT molecular complexity index is 1530. The number of pyridine rings is 1. The van der Waals surface area contributed by atoms with Gasteiger partial charge in [0.25, 0.3) is 0 Å². The summed E-state index contributed by atoms with van der Waals surface area (Å²) in [5.41, 5.74) is 2.64. The molecule has 2 aliphatic heterocycles. The Morgan fingerprint density at radius 2 is 1.92 bits per heavy atom. The predicted octanol–water partition coefficient (Wildman–Crippen LogP) is 4.53. The van der Waals surface area contributed by atoms with Crippen LogP contribution in [0.15, 0.2) is 36.7 Å². The molecule has 196 valence electrons. The maximum atomic E-state index is 15.1. The van der Waals surface area contributed by atoms with E-state index in [4.69, 9.17) is 0 Å². The van der Waals surface area contributed by atoms with Crippen LogP contribution in [0.3, 0.4) is 0 Å². The summed E-state index contributed by atoms with van der Waals surface area (Å²) in [7, 11) is 0. The van der Waals surface area contributed by atoms with E-state index in [1.807, 2.05) is 18.3 Å². The quantitative estimate of drug-likeness (QED) is 0.403. The summed E-state index contributed by atoms with van der Waals surface area (Å²) in [5.74, 6) is 0.588. The van der Waals surface area contributed by atoms with E-state index in [1.54, 1.807) is 6.07 Å². The summed E-state index contributed by atoms with van der Waals surface area (Å²) >= 11 is 0. The molecule has 2 N–H and O–H groups in total. The molecule has 4 aromatic rings. The number of nitrogens with one attached hydrogen (secondary N) is 2. The first-order valence-corrected chi connectivity index (χ1v) is 13.3. The van der Waals surface area contributed by atoms with Gasteiger partial charge in [-0.3, -0.25) is 4.90 Å². The number of aromatic nitrogens is 5. The minimum atomic E-state index is -0.612. The summed E-state index contributed by atoms with van der Waals surface area (Å²) in [4.78, 5) is 20.0. The van der Waals surface area contributed by atoms with Gasteiger partial charge in [0.1, 0.15) is 22.9 Å². The lowest BCUT2D eigenvalue weighted by molar-refractivity contribution is 0.138. The standard InChI is InChI=1S/C28H30F2N8/c1-16-14-37(17(2)11-31-16)15-18-3-4-23(32-12-18)34-27-33-13-21(30)25(36-27)19-9-20(29)26-22(10-19)38-24(35-26)5-6-28(38)7-8-28/h3-4,9-10,12-13,16-17,31H,5-8,11,14-15H2,1-2H3,(H,32,33,34,36)/t16-,17-/m0/s1. The fourth-order valence-corrected chi connectivity index (χ4v) is 5.98. The second-order valence-corrected chi connectivity index (χ2v) is 11.1. The van der Waals surface area contributed by atoms with Gasteiger partial charge in [-0.1, -0.05) is 6.07 Å². The van der Waals surface area contributed by atoms with Crippen molar-refractivity contribution in [1.29, 1.82) is 0 Å². The average molecular weight is 517 g/mol. The maximum absolute atomic E-state index is 15.1. The van der Waals surface area contributed by atoms with Gasteiger partial charge in [-0.25, -0.2) is 28.7 Å². The van der Waals surface area contributed by atoms with Crippen LogP contribution in [0.4, 0.5) is 20.5 Å². The van der Waals surface area contributed by atoms with Crippen LogP contribution in [-0.4, -0.2) is 54.6 Å². The second kappa shape index (κ2) is 8.78. The molecule has 0 amide bonds. The summed E-state index contributed by atoms with van der Waals surface area (Å²) < 4.78 is 32.2. The number of hydrogen-bond acceptors (Lipinski definition) is 7. The Hall–Kier alpha value is -3.50. The van der Waals surface area contributed by atoms with Crippen LogP contribution in [0.25, 0.3) is 22.3 Å². The molecular formula is C28H30F2N8. The van der Waals surface area contributed by atoms with Crippen molar-refractivity contribution in [3.63, 3.8) is 0 Å². The highest BCUT2D eigenvalue weighted by atomic mass is 19.1. The summed E-state index contributed by atoms with van der Waals surface area (Å²) in [5, 5.41) is 6.56. The number of nitrogens with zero attached hydrogens (tertiary/aromatic N) is 6. The third-order valence-corrected chi connectivity index (χ3v) is 8.26. The third-order valence-electron chi connectivity index (χ3n) is 8.26. The second-order valence-electron chi connectivity index (χ2n) is 11.1. The van der Waals surface area contributed by atoms with Gasteiger partial charge >= 0.3 is 0 Å². The normalized spacial score (nSPS) is 22.2. The SMILES string of the molecule is C[C@H]1CN(Cc2ccc(Nc3ncc(F)c(-c4cc(F)c5nc6n(c5c4)C4(CC6)CC4)n3)nc2)[C@@H](C)CN1. The number of hydrogen-bond donors (Lipinski definition) is 2. The number of rotatable bonds is 5. The van der Waals surface area contributed by atoms with Crippen LogP contribution >= 0.6 is 0 Å². The molecule has 1 saturated carbocycles. The monoisotopic (exact) mass is 516 g/mol. The molecule has 1 spiro atoms. The Morgan fingerprint density at radius 3 is 2.71 bits per heavy atom. The van der Waals surface area contributed by atoms with E-state index in [0.717, 1.165) is 62.9 Å². The highest BCUT2D eigenvalue weighted by molar-refractivity contribution is 5.83. The fourth-order valence-electron chi connectivity index (χ4n) is 5.98. The predicted molar refractivity (Wildman–Crippen MR) is 141 cm³/mol. The van der Waals surface area contributed by atoms with Crippen molar-refractivity contribution in [3.05, 3.63) is 59.7 Å². The van der Waals surface area contributed by atoms with Crippen molar-refractivity contribution in [2.24, 2.45) is 0 Å². The van der Waals surface area contributed by atoms with Crippen molar-refractivity contribution in [1.82, 2.24) is 34.7 Å². The Kier molecular flexibility index (Phi) is 5.45. The van der Waals surface area contributed by atoms with Crippen molar-refractivity contribution in [2.45, 2.75) is 63.7 Å². The lowest BCUT2D eigenvalue weighted by atomic mass is 10.1. The minimum Gasteiger partial charge on any atom is -0.322 e. The molecule has 10 heteroatoms. The van der Waals surface area contributed by atoms with Crippen LogP contribution in [0, 0.1) is 11.6 Å². The lowest BCUT2D eigenvalue weighted by Crippen LogP contribution is -2.53. The molecule has 0 bridgehead atoms. The third kappa shape index (κ3) is 4.03. The van der Waals surface area contributed by atoms with E-state index < -0.39 is 11.6 Å². The topological polar surface area (TPSA) is 83.8 Å². The van der Waals surface area contributed by atoms with Crippen molar-refractivity contribution in [2.75, 3.05) is 18.4 Å². The Labute approximate surface area is 219 Å². The summed E-state index contributed by atoms with van der Waals surface area (Å²) in [6, 6.07) is 7.93. The van der Waals surface area contributed by atoms with Gasteiger partial charge in [-0.05, 0) is 56.9 Å². The molecule has 38 heavy (non-hydrogen) atoms. The minimum absolute atomic E-state index is 0.0418. The molecule has 0 radical (unpaired) electrons. The molecule has 3 aromatic heterocycles. The molecule has 1 saturated heterocycles. The number of halogens is 2. The van der Waals surface area contributed by atoms with Gasteiger partial charge in [-0.15, -0.1) is 0 Å². The Balaban J connectivity index is 1.14. The molecule has 2 fully saturated rings. The van der Waals surface area contributed by atoms with Gasteiger partial charge < -0.3 is 15.2 Å². The molecule has 3 aliphatic rings. The van der Waals surface area contributed by atoms with Gasteiger partial charge in [-0.2, -0.15) is 0 Å². The number of aryl methyl sites for hydroxylation is 1. The first kappa shape index (κ1) is 23.6. The molecule has 0 unspecified atom stereocenters. The van der Waals surface area contributed by atoms with E-state index >= 15 is 4.39 Å². The molecule has 1 aromatic carbocycles. The number of piperazine rings is 1. The van der Waals surface area contributed by atoms with Crippen LogP contribution in [0.2, 0.25) is 0 Å². The highest BCUT2D eigenvalue weighted by Crippen LogP contribution is 2.53. The van der Waals surface area contributed by atoms with Crippen molar-refractivity contribution >= 4 is 22.8 Å². The van der Waals surface area contributed by atoms with Crippen molar-refractivity contribution in [3.8, 4) is 11.3 Å². The largest absolute Gasteiger partial charge is 0.322 e. The maximum Gasteiger partial charge on any atom is 0.229 e. The van der Waals surface area contributed by atoms with Crippen LogP contribution in [0.5, 0.6) is 0 Å². The molecule has 7 rings (SSSR count). The number of benzene rings is 1. The van der Waals surface area contributed by atoms with Gasteiger partial charge in [0, 0.05) is 55.4 Å². The molecule has 8 nitrogen and oxygen atoms in total. The van der Waals surface area contributed by atoms with Crippen molar-refractivity contribution < 1.29 is 8.78 Å². The lowest BCUT2D eigenvalue weighted by Gasteiger charge is -2.37. The number of fused-ring (bicyclic) bond motifs is 4. The zero-order chi connectivity index (χ0) is 26.0. The van der Waals surface area contributed by atoms with E-state index in [9.17, 15) is 4.39 Å². The average Bonchev–Trinajstić information content (AvgIpc) is 3.46. The molecular weight excluding hydrogens is 486 g/mol. The number of anilines is 2. The van der Waals surface area contributed by atoms with Crippen LogP contribution in [-0.2, 0) is 18.5 Å². The first-order valence-electron chi connectivity index (χ1n) is 13.3. The summed E-state index contributed by atoms with van der Waals surface area (Å²) in [6.07, 6.45) is 6.98. The molecule has 1 aliphatic carbocycles. The van der Waals surface area contributed by atoms with E-state index in [1.165, 1.54) is 6.07 Å². The fraction of sp³-hybridized carbons (Fsp3) is 0.429. The number of imidazole rings is 1. The zero-order valence-electron chi connectivity index (χ0n) is 21.5. The zero-order valence-corrected chi connectivity index (χ0v) is 21.5. The van der Waals surface area contributed by atoms with Gasteiger partial charge in [0.15, 0.2) is 11.6 Å². The molecule has 5 heterocycles. The van der Waals surface area contributed by atoms with Crippen LogP contribution < -0.4 is 10.6 Å². The van der Waals surface area contributed by atoms with Gasteiger partial charge in [0.05, 0.1) is 11.7 Å².